The highest BCUT2D eigenvalue weighted by atomic mass is 32.1. The summed E-state index contributed by atoms with van der Waals surface area (Å²) < 4.78 is 8.65. The summed E-state index contributed by atoms with van der Waals surface area (Å²) in [5.74, 6) is -0.321. The quantitative estimate of drug-likeness (QED) is 0.103. The van der Waals surface area contributed by atoms with Crippen LogP contribution in [0.25, 0.3) is 37.5 Å². The first kappa shape index (κ1) is 48.1. The Morgan fingerprint density at radius 3 is 2.30 bits per heavy atom. The number of hydrogen-bond donors (Lipinski definition) is 3. The molecule has 7 aromatic rings. The smallest absolute Gasteiger partial charge is 0.308 e. The van der Waals surface area contributed by atoms with E-state index in [-0.39, 0.29) is 43.8 Å². The van der Waals surface area contributed by atoms with Crippen molar-refractivity contribution in [2.45, 2.75) is 105 Å². The maximum atomic E-state index is 14.4. The third kappa shape index (κ3) is 9.30. The second kappa shape index (κ2) is 19.1. The van der Waals surface area contributed by atoms with Gasteiger partial charge < -0.3 is 25.4 Å². The van der Waals surface area contributed by atoms with E-state index in [0.29, 0.717) is 11.6 Å². The van der Waals surface area contributed by atoms with Gasteiger partial charge in [0.15, 0.2) is 5.82 Å². The molecule has 6 heterocycles. The van der Waals surface area contributed by atoms with E-state index in [0.717, 1.165) is 76.0 Å². The number of hydrogen-bond acceptors (Lipinski definition) is 13. The van der Waals surface area contributed by atoms with Crippen LogP contribution in [0.4, 0.5) is 0 Å². The van der Waals surface area contributed by atoms with Crippen molar-refractivity contribution in [3.63, 3.8) is 0 Å². The van der Waals surface area contributed by atoms with Crippen molar-refractivity contribution < 1.29 is 29.0 Å². The maximum absolute atomic E-state index is 14.4. The van der Waals surface area contributed by atoms with Crippen LogP contribution in [0.3, 0.4) is 0 Å². The predicted octanol–water partition coefficient (Wildman–Crippen LogP) is 7.53. The van der Waals surface area contributed by atoms with Gasteiger partial charge >= 0.3 is 5.97 Å². The van der Waals surface area contributed by atoms with Crippen LogP contribution in [0, 0.1) is 33.1 Å². The Kier molecular flexibility index (Phi) is 13.2. The monoisotopic (exact) mass is 980 g/mol. The summed E-state index contributed by atoms with van der Waals surface area (Å²) in [5, 5.41) is 31.9. The lowest BCUT2D eigenvalue weighted by Gasteiger charge is -2.35. The van der Waals surface area contributed by atoms with E-state index in [1.165, 1.54) is 12.0 Å². The van der Waals surface area contributed by atoms with Crippen molar-refractivity contribution in [3.05, 3.63) is 123 Å². The number of thiophene rings is 1. The zero-order valence-corrected chi connectivity index (χ0v) is 42.2. The standard InChI is InChI=1S/C52H56N10O6S2/c1-27-30(4)70-51-44(27)45(56-39(22-43(65)68-9)48-59-58-31(5)62(48)51)34-14-12-33(13-15-34)36-18-19-40-37(20-36)23-54-61(40)25-42(64)57-47(52(6,7)8)50(67)60-24-38(63)21-41(60)49(66)55-28(2)32-10-16-35(17-11-32)46-29(3)53-26-69-46/h10-20,23,26,28,38-39,41,47,63H,21-22,24-25H2,1-9H3,(H,55,66)(H,57,64)/t28-,38+,39-,41-,47?/m0/s1. The van der Waals surface area contributed by atoms with Gasteiger partial charge in [0.2, 0.25) is 17.7 Å². The average Bonchev–Trinajstić information content (AvgIpc) is 4.17. The van der Waals surface area contributed by atoms with Gasteiger partial charge in [0.25, 0.3) is 0 Å². The van der Waals surface area contributed by atoms with E-state index in [4.69, 9.17) is 9.73 Å². The number of carbonyl (C=O) groups is 4. The lowest BCUT2D eigenvalue weighted by Crippen LogP contribution is -2.58. The Balaban J connectivity index is 0.886. The van der Waals surface area contributed by atoms with E-state index >= 15 is 0 Å². The zero-order chi connectivity index (χ0) is 49.8. The SMILES string of the molecule is COC(=O)C[C@@H]1N=C(c2ccc(-c3ccc4c(cnn4CC(=O)NC(C(=O)N4C[C@H](O)C[C@H]4C(=O)N[C@@H](C)c4ccc(-c5scnc5C)cc4)C(C)(C)C)c3)cc2)c2c(sc(C)c2C)-n2c(C)nnc21. The number of nitrogens with one attached hydrogen (secondary N) is 2. The van der Waals surface area contributed by atoms with Gasteiger partial charge in [-0.2, -0.15) is 5.10 Å². The van der Waals surface area contributed by atoms with Gasteiger partial charge in [-0.15, -0.1) is 32.9 Å². The summed E-state index contributed by atoms with van der Waals surface area (Å²) in [7, 11) is 1.37. The molecular formula is C52H56N10O6S2. The van der Waals surface area contributed by atoms with Gasteiger partial charge in [0.1, 0.15) is 35.5 Å². The maximum Gasteiger partial charge on any atom is 0.308 e. The number of β-amino-alcohol motifs (C(OH)–C–C–N with tert-alkyl or cyclic N) is 1. The molecule has 362 valence electrons. The Morgan fingerprint density at radius 1 is 0.914 bits per heavy atom. The zero-order valence-electron chi connectivity index (χ0n) is 40.6. The van der Waals surface area contributed by atoms with Crippen LogP contribution in [0.1, 0.15) is 97.1 Å². The van der Waals surface area contributed by atoms with Crippen molar-refractivity contribution in [1.29, 1.82) is 0 Å². The Bertz CT molecular complexity index is 3180. The van der Waals surface area contributed by atoms with E-state index in [1.807, 2.05) is 118 Å². The Morgan fingerprint density at radius 2 is 1.61 bits per heavy atom. The number of carbonyl (C=O) groups excluding carboxylic acids is 4. The number of nitrogens with zero attached hydrogens (tertiary/aromatic N) is 8. The third-order valence-corrected chi connectivity index (χ3v) is 15.5. The predicted molar refractivity (Wildman–Crippen MR) is 270 cm³/mol. The summed E-state index contributed by atoms with van der Waals surface area (Å²) in [5.41, 5.74) is 10.4. The van der Waals surface area contributed by atoms with Crippen LogP contribution in [0.2, 0.25) is 0 Å². The van der Waals surface area contributed by atoms with Gasteiger partial charge in [-0.1, -0.05) is 75.4 Å². The molecule has 4 aromatic heterocycles. The molecule has 2 aliphatic rings. The van der Waals surface area contributed by atoms with E-state index in [2.05, 4.69) is 44.8 Å². The van der Waals surface area contributed by atoms with Gasteiger partial charge in [0.05, 0.1) is 59.2 Å². The number of amides is 3. The molecule has 1 fully saturated rings. The molecule has 0 spiro atoms. The number of aliphatic hydroxyl groups is 1. The lowest BCUT2D eigenvalue weighted by molar-refractivity contribution is -0.144. The number of aryl methyl sites for hydroxylation is 3. The highest BCUT2D eigenvalue weighted by molar-refractivity contribution is 7.15. The third-order valence-electron chi connectivity index (χ3n) is 13.3. The van der Waals surface area contributed by atoms with Crippen LogP contribution in [0.5, 0.6) is 0 Å². The summed E-state index contributed by atoms with van der Waals surface area (Å²) >= 11 is 3.22. The number of rotatable bonds is 12. The molecule has 18 heteroatoms. The Hall–Kier alpha value is -6.89. The van der Waals surface area contributed by atoms with Gasteiger partial charge in [-0.3, -0.25) is 33.4 Å². The second-order valence-corrected chi connectivity index (χ2v) is 21.3. The molecule has 16 nitrogen and oxygen atoms in total. The number of esters is 1. The summed E-state index contributed by atoms with van der Waals surface area (Å²) in [6.45, 7) is 15.3. The molecule has 3 amide bonds. The minimum absolute atomic E-state index is 0.0180. The van der Waals surface area contributed by atoms with Crippen LogP contribution in [-0.4, -0.2) is 101 Å². The summed E-state index contributed by atoms with van der Waals surface area (Å²) in [6, 6.07) is 19.1. The topological polar surface area (TPSA) is 199 Å². The molecule has 3 aromatic carbocycles. The molecular weight excluding hydrogens is 925 g/mol. The molecule has 0 radical (unpaired) electrons. The summed E-state index contributed by atoms with van der Waals surface area (Å²) in [6.07, 6.45) is 0.916. The van der Waals surface area contributed by atoms with Crippen LogP contribution >= 0.6 is 22.7 Å². The first-order valence-corrected chi connectivity index (χ1v) is 24.9. The fraction of sp³-hybridized carbons (Fsp3) is 0.365. The average molecular weight is 981 g/mol. The largest absolute Gasteiger partial charge is 0.469 e. The highest BCUT2D eigenvalue weighted by Gasteiger charge is 2.45. The van der Waals surface area contributed by atoms with Gasteiger partial charge in [0, 0.05) is 34.4 Å². The fourth-order valence-corrected chi connectivity index (χ4v) is 11.4. The first-order chi connectivity index (χ1) is 33.4. The van der Waals surface area contributed by atoms with Crippen LogP contribution in [-0.2, 0) is 30.5 Å². The molecule has 3 N–H and O–H groups in total. The first-order valence-electron chi connectivity index (χ1n) is 23.2. The van der Waals surface area contributed by atoms with Crippen LogP contribution < -0.4 is 10.6 Å². The van der Waals surface area contributed by atoms with Crippen molar-refractivity contribution in [3.8, 4) is 26.6 Å². The molecule has 5 atom stereocenters. The fourth-order valence-electron chi connectivity index (χ4n) is 9.34. The minimum atomic E-state index is -0.997. The molecule has 70 heavy (non-hydrogen) atoms. The number of likely N-dealkylation sites (tertiary alicyclic amines) is 1. The second-order valence-electron chi connectivity index (χ2n) is 19.2. The number of thiazole rings is 1. The number of benzene rings is 3. The number of aromatic nitrogens is 6. The van der Waals surface area contributed by atoms with E-state index < -0.39 is 41.5 Å². The van der Waals surface area contributed by atoms with Crippen molar-refractivity contribution in [1.82, 2.24) is 45.1 Å². The number of ether oxygens (including phenoxy) is 1. The normalized spacial score (nSPS) is 17.6. The lowest BCUT2D eigenvalue weighted by atomic mass is 9.85. The molecule has 1 unspecified atom stereocenters. The van der Waals surface area contributed by atoms with Gasteiger partial charge in [-0.25, -0.2) is 4.98 Å². The number of methoxy groups -OCH3 is 1. The molecule has 9 rings (SSSR count). The molecule has 0 saturated carbocycles. The van der Waals surface area contributed by atoms with Crippen molar-refractivity contribution >= 4 is 63.0 Å². The van der Waals surface area contributed by atoms with Crippen molar-refractivity contribution in [2.75, 3.05) is 13.7 Å². The highest BCUT2D eigenvalue weighted by Crippen LogP contribution is 2.40. The number of fused-ring (bicyclic) bond motifs is 4. The summed E-state index contributed by atoms with van der Waals surface area (Å²) in [4.78, 5) is 67.8. The number of aliphatic imine (C=N–C) groups is 1. The number of aliphatic hydroxyl groups excluding tert-OH is 1. The van der Waals surface area contributed by atoms with Crippen molar-refractivity contribution in [2.24, 2.45) is 10.4 Å². The molecule has 0 bridgehead atoms. The van der Waals surface area contributed by atoms with E-state index in [1.54, 1.807) is 33.6 Å². The van der Waals surface area contributed by atoms with E-state index in [9.17, 15) is 24.3 Å². The molecule has 2 aliphatic heterocycles. The van der Waals surface area contributed by atoms with Gasteiger partial charge in [-0.05, 0) is 80.0 Å². The van der Waals surface area contributed by atoms with Crippen LogP contribution in [0.15, 0.2) is 83.4 Å². The minimum Gasteiger partial charge on any atom is -0.469 e. The molecule has 0 aliphatic carbocycles. The Labute approximate surface area is 413 Å². The molecule has 1 saturated heterocycles.